The zero-order chi connectivity index (χ0) is 11.7. The Morgan fingerprint density at radius 3 is 3.00 bits per heavy atom. The molecule has 0 fully saturated rings. The van der Waals surface area contributed by atoms with Crippen LogP contribution in [0.3, 0.4) is 0 Å². The Morgan fingerprint density at radius 1 is 1.69 bits per heavy atom. The lowest BCUT2D eigenvalue weighted by Gasteiger charge is -2.01. The van der Waals surface area contributed by atoms with Gasteiger partial charge in [0, 0.05) is 13.5 Å². The van der Waals surface area contributed by atoms with Gasteiger partial charge in [0.2, 0.25) is 0 Å². The van der Waals surface area contributed by atoms with Crippen LogP contribution in [0.15, 0.2) is 22.8 Å². The summed E-state index contributed by atoms with van der Waals surface area (Å²) in [5, 5.41) is 9.01. The van der Waals surface area contributed by atoms with Crippen LogP contribution in [0.4, 0.5) is 0 Å². The fourth-order valence-corrected chi connectivity index (χ4v) is 1.73. The minimum absolute atomic E-state index is 0.115. The van der Waals surface area contributed by atoms with Crippen LogP contribution in [-0.2, 0) is 13.5 Å². The van der Waals surface area contributed by atoms with E-state index in [1.54, 1.807) is 30.0 Å². The summed E-state index contributed by atoms with van der Waals surface area (Å²) in [7, 11) is 1.73. The third-order valence-corrected chi connectivity index (χ3v) is 2.74. The average Bonchev–Trinajstić information content (AvgIpc) is 2.81. The summed E-state index contributed by atoms with van der Waals surface area (Å²) in [5.41, 5.74) is 0.719. The molecule has 0 aromatic carbocycles. The molecule has 0 aliphatic heterocycles. The number of nitrogens with one attached hydrogen (secondary N) is 1. The van der Waals surface area contributed by atoms with E-state index in [9.17, 15) is 4.79 Å². The summed E-state index contributed by atoms with van der Waals surface area (Å²) in [4.78, 5) is 13.7. The molecule has 0 atom stereocenters. The molecule has 2 heterocycles. The number of hydrogen-bond donors (Lipinski definition) is 2. The lowest BCUT2D eigenvalue weighted by Crippen LogP contribution is -2.05. The molecule has 0 aliphatic carbocycles. The van der Waals surface area contributed by atoms with Crippen molar-refractivity contribution >= 4 is 18.2 Å². The molecule has 0 spiro atoms. The standard InChI is InChI=1S/C10H10N2O3S/c1-12-7(5-6-3-2-4-15-6)8(9(13)14)11-10(12)16/h2-4H,5H2,1H3,(H,11,16)(H,13,14). The quantitative estimate of drug-likeness (QED) is 0.802. The van der Waals surface area contributed by atoms with Crippen LogP contribution < -0.4 is 0 Å². The number of hydrogen-bond acceptors (Lipinski definition) is 3. The second kappa shape index (κ2) is 3.97. The Hall–Kier alpha value is -1.82. The molecule has 0 aliphatic rings. The van der Waals surface area contributed by atoms with E-state index in [2.05, 4.69) is 4.98 Å². The van der Waals surface area contributed by atoms with E-state index in [4.69, 9.17) is 21.7 Å². The number of aromatic nitrogens is 2. The second-order valence-corrected chi connectivity index (χ2v) is 3.76. The second-order valence-electron chi connectivity index (χ2n) is 3.37. The number of carboxylic acids is 1. The fraction of sp³-hybridized carbons (Fsp3) is 0.200. The lowest BCUT2D eigenvalue weighted by atomic mass is 10.2. The van der Waals surface area contributed by atoms with Gasteiger partial charge in [-0.25, -0.2) is 4.79 Å². The molecule has 6 heteroatoms. The zero-order valence-electron chi connectivity index (χ0n) is 8.56. The van der Waals surface area contributed by atoms with E-state index in [1.807, 2.05) is 0 Å². The number of rotatable bonds is 3. The number of nitrogens with zero attached hydrogens (tertiary/aromatic N) is 1. The zero-order valence-corrected chi connectivity index (χ0v) is 9.37. The fourth-order valence-electron chi connectivity index (χ4n) is 1.52. The molecule has 2 aromatic rings. The van der Waals surface area contributed by atoms with E-state index in [0.29, 0.717) is 22.6 Å². The molecule has 0 radical (unpaired) electrons. The minimum atomic E-state index is -1.02. The normalized spacial score (nSPS) is 10.6. The van der Waals surface area contributed by atoms with Gasteiger partial charge in [-0.1, -0.05) is 0 Å². The summed E-state index contributed by atoms with van der Waals surface area (Å²) in [6, 6.07) is 3.55. The first kappa shape index (κ1) is 10.7. The van der Waals surface area contributed by atoms with Crippen molar-refractivity contribution in [2.24, 2.45) is 7.05 Å². The molecular weight excluding hydrogens is 228 g/mol. The predicted octanol–water partition coefficient (Wildman–Crippen LogP) is 1.96. The summed E-state index contributed by atoms with van der Waals surface area (Å²) in [6.07, 6.45) is 1.95. The van der Waals surface area contributed by atoms with E-state index in [1.165, 1.54) is 0 Å². The summed E-state index contributed by atoms with van der Waals surface area (Å²) in [6.45, 7) is 0. The molecule has 16 heavy (non-hydrogen) atoms. The third-order valence-electron chi connectivity index (χ3n) is 2.37. The highest BCUT2D eigenvalue weighted by Gasteiger charge is 2.16. The van der Waals surface area contributed by atoms with Gasteiger partial charge in [0.05, 0.1) is 12.0 Å². The van der Waals surface area contributed by atoms with Gasteiger partial charge in [0.15, 0.2) is 4.77 Å². The number of carboxylic acid groups (broad SMARTS) is 1. The Balaban J connectivity index is 2.46. The monoisotopic (exact) mass is 238 g/mol. The highest BCUT2D eigenvalue weighted by Crippen LogP contribution is 2.14. The Morgan fingerprint density at radius 2 is 2.44 bits per heavy atom. The van der Waals surface area contributed by atoms with Crippen molar-refractivity contribution in [3.8, 4) is 0 Å². The van der Waals surface area contributed by atoms with Gasteiger partial charge in [-0.3, -0.25) is 0 Å². The van der Waals surface area contributed by atoms with Gasteiger partial charge in [-0.05, 0) is 24.4 Å². The number of furan rings is 1. The van der Waals surface area contributed by atoms with Gasteiger partial charge in [0.25, 0.3) is 0 Å². The molecule has 0 amide bonds. The van der Waals surface area contributed by atoms with E-state index < -0.39 is 5.97 Å². The topological polar surface area (TPSA) is 71.2 Å². The van der Waals surface area contributed by atoms with Crippen LogP contribution in [0.25, 0.3) is 0 Å². The summed E-state index contributed by atoms with van der Waals surface area (Å²) < 4.78 is 7.21. The van der Waals surface area contributed by atoms with Crippen molar-refractivity contribution in [2.75, 3.05) is 0 Å². The molecule has 2 N–H and O–H groups in total. The highest BCUT2D eigenvalue weighted by atomic mass is 32.1. The number of aromatic carboxylic acids is 1. The van der Waals surface area contributed by atoms with Crippen LogP contribution >= 0.6 is 12.2 Å². The first-order chi connectivity index (χ1) is 7.59. The molecule has 0 unspecified atom stereocenters. The SMILES string of the molecule is Cn1c(Cc2ccco2)c(C(=O)O)[nH]c1=S. The first-order valence-corrected chi connectivity index (χ1v) is 5.04. The predicted molar refractivity (Wildman–Crippen MR) is 59.1 cm³/mol. The number of carbonyl (C=O) groups is 1. The maximum Gasteiger partial charge on any atom is 0.354 e. The van der Waals surface area contributed by atoms with Gasteiger partial charge >= 0.3 is 5.97 Å². The Labute approximate surface area is 96.3 Å². The smallest absolute Gasteiger partial charge is 0.354 e. The van der Waals surface area contributed by atoms with Crippen molar-refractivity contribution < 1.29 is 14.3 Å². The largest absolute Gasteiger partial charge is 0.477 e. The van der Waals surface area contributed by atoms with Gasteiger partial charge < -0.3 is 19.1 Å². The van der Waals surface area contributed by atoms with Crippen LogP contribution in [0, 0.1) is 4.77 Å². The minimum Gasteiger partial charge on any atom is -0.477 e. The first-order valence-electron chi connectivity index (χ1n) is 4.63. The average molecular weight is 238 g/mol. The van der Waals surface area contributed by atoms with E-state index >= 15 is 0 Å². The van der Waals surface area contributed by atoms with Crippen LogP contribution in [0.1, 0.15) is 21.9 Å². The summed E-state index contributed by atoms with van der Waals surface area (Å²) in [5.74, 6) is -0.319. The molecule has 84 valence electrons. The summed E-state index contributed by atoms with van der Waals surface area (Å²) >= 11 is 4.99. The van der Waals surface area contributed by atoms with Gasteiger partial charge in [-0.15, -0.1) is 0 Å². The van der Waals surface area contributed by atoms with Crippen LogP contribution in [-0.4, -0.2) is 20.6 Å². The van der Waals surface area contributed by atoms with Crippen LogP contribution in [0.5, 0.6) is 0 Å². The Bertz CT molecular complexity index is 565. The molecule has 2 rings (SSSR count). The number of H-pyrrole nitrogens is 1. The maximum absolute atomic E-state index is 11.0. The highest BCUT2D eigenvalue weighted by molar-refractivity contribution is 7.71. The molecule has 2 aromatic heterocycles. The van der Waals surface area contributed by atoms with Gasteiger partial charge in [-0.2, -0.15) is 0 Å². The van der Waals surface area contributed by atoms with Crippen molar-refractivity contribution in [2.45, 2.75) is 6.42 Å². The maximum atomic E-state index is 11.0. The van der Waals surface area contributed by atoms with Crippen LogP contribution in [0.2, 0.25) is 0 Å². The molecule has 0 bridgehead atoms. The third kappa shape index (κ3) is 1.79. The number of aromatic amines is 1. The van der Waals surface area contributed by atoms with Crippen molar-refractivity contribution in [1.82, 2.24) is 9.55 Å². The lowest BCUT2D eigenvalue weighted by molar-refractivity contribution is 0.0689. The molecule has 5 nitrogen and oxygen atoms in total. The Kier molecular flexibility index (Phi) is 2.66. The van der Waals surface area contributed by atoms with Crippen molar-refractivity contribution in [1.29, 1.82) is 0 Å². The van der Waals surface area contributed by atoms with Crippen molar-refractivity contribution in [3.63, 3.8) is 0 Å². The molecular formula is C10H10N2O3S. The molecule has 0 saturated carbocycles. The van der Waals surface area contributed by atoms with E-state index in [-0.39, 0.29) is 5.69 Å². The molecule has 0 saturated heterocycles. The van der Waals surface area contributed by atoms with Crippen molar-refractivity contribution in [3.05, 3.63) is 40.3 Å². The number of imidazole rings is 1. The van der Waals surface area contributed by atoms with E-state index in [0.717, 1.165) is 0 Å². The van der Waals surface area contributed by atoms with Gasteiger partial charge in [0.1, 0.15) is 11.5 Å².